The van der Waals surface area contributed by atoms with E-state index in [2.05, 4.69) is 20.9 Å². The fourth-order valence-electron chi connectivity index (χ4n) is 1.49. The van der Waals surface area contributed by atoms with Gasteiger partial charge in [-0.1, -0.05) is 0 Å². The summed E-state index contributed by atoms with van der Waals surface area (Å²) < 4.78 is 1.09. The molecule has 2 rings (SSSR count). The number of halogens is 1. The van der Waals surface area contributed by atoms with E-state index in [0.717, 1.165) is 14.2 Å². The molecular weight excluding hydrogens is 286 g/mol. The number of hydrogen-bond donors (Lipinski definition) is 1. The van der Waals surface area contributed by atoms with Gasteiger partial charge in [-0.15, -0.1) is 11.3 Å². The van der Waals surface area contributed by atoms with Gasteiger partial charge < -0.3 is 5.11 Å². The zero-order valence-corrected chi connectivity index (χ0v) is 11.3. The third-order valence-corrected chi connectivity index (χ3v) is 4.62. The maximum atomic E-state index is 10.1. The normalized spacial score (nSPS) is 12.7. The van der Waals surface area contributed by atoms with E-state index in [0.29, 0.717) is 6.42 Å². The van der Waals surface area contributed by atoms with Crippen LogP contribution in [0.5, 0.6) is 0 Å². The van der Waals surface area contributed by atoms with Crippen LogP contribution >= 0.6 is 27.3 Å². The molecule has 1 atom stereocenters. The van der Waals surface area contributed by atoms with Crippen molar-refractivity contribution in [1.82, 2.24) is 4.98 Å². The van der Waals surface area contributed by atoms with Gasteiger partial charge in [-0.2, -0.15) is 0 Å². The molecule has 1 unspecified atom stereocenters. The van der Waals surface area contributed by atoms with Crippen LogP contribution in [0.2, 0.25) is 0 Å². The zero-order valence-electron chi connectivity index (χ0n) is 8.85. The zero-order chi connectivity index (χ0) is 11.5. The van der Waals surface area contributed by atoms with Gasteiger partial charge in [0.05, 0.1) is 9.89 Å². The quantitative estimate of drug-likeness (QED) is 0.941. The van der Waals surface area contributed by atoms with Gasteiger partial charge in [-0.05, 0) is 52.2 Å². The highest BCUT2D eigenvalue weighted by atomic mass is 79.9. The van der Waals surface area contributed by atoms with Crippen molar-refractivity contribution in [2.75, 3.05) is 0 Å². The van der Waals surface area contributed by atoms with Crippen LogP contribution in [0.25, 0.3) is 0 Å². The van der Waals surface area contributed by atoms with Crippen LogP contribution in [0.1, 0.15) is 22.1 Å². The number of hydrogen-bond acceptors (Lipinski definition) is 3. The van der Waals surface area contributed by atoms with Crippen molar-refractivity contribution in [1.29, 1.82) is 0 Å². The van der Waals surface area contributed by atoms with E-state index in [-0.39, 0.29) is 0 Å². The molecule has 2 heterocycles. The topological polar surface area (TPSA) is 33.1 Å². The van der Waals surface area contributed by atoms with Crippen LogP contribution in [0, 0.1) is 6.92 Å². The van der Waals surface area contributed by atoms with E-state index >= 15 is 0 Å². The van der Waals surface area contributed by atoms with Gasteiger partial charge in [0, 0.05) is 23.7 Å². The molecule has 4 heteroatoms. The summed E-state index contributed by atoms with van der Waals surface area (Å²) in [7, 11) is 0. The minimum atomic E-state index is -0.433. The predicted molar refractivity (Wildman–Crippen MR) is 69.7 cm³/mol. The SMILES string of the molecule is Cc1cc(C(O)Cc2ccncc2)sc1Br. The van der Waals surface area contributed by atoms with Gasteiger partial charge in [-0.25, -0.2) is 0 Å². The molecule has 2 aromatic rings. The van der Waals surface area contributed by atoms with Crippen molar-refractivity contribution in [3.63, 3.8) is 0 Å². The first-order valence-corrected chi connectivity index (χ1v) is 6.60. The van der Waals surface area contributed by atoms with Crippen molar-refractivity contribution in [2.24, 2.45) is 0 Å². The molecule has 0 aliphatic heterocycles. The highest BCUT2D eigenvalue weighted by Crippen LogP contribution is 2.32. The van der Waals surface area contributed by atoms with Gasteiger partial charge in [-0.3, -0.25) is 4.98 Å². The van der Waals surface area contributed by atoms with E-state index in [9.17, 15) is 5.11 Å². The Kier molecular flexibility index (Phi) is 3.74. The summed E-state index contributed by atoms with van der Waals surface area (Å²) in [4.78, 5) is 4.96. The molecule has 0 spiro atoms. The third kappa shape index (κ3) is 2.70. The first kappa shape index (κ1) is 11.8. The Morgan fingerprint density at radius 2 is 2.12 bits per heavy atom. The second-order valence-electron chi connectivity index (χ2n) is 3.68. The van der Waals surface area contributed by atoms with Gasteiger partial charge in [0.2, 0.25) is 0 Å². The molecular formula is C12H12BrNOS. The van der Waals surface area contributed by atoms with Crippen molar-refractivity contribution in [3.05, 3.63) is 50.4 Å². The molecule has 0 bridgehead atoms. The molecule has 0 saturated carbocycles. The monoisotopic (exact) mass is 297 g/mol. The molecule has 0 aliphatic carbocycles. The largest absolute Gasteiger partial charge is 0.387 e. The summed E-state index contributed by atoms with van der Waals surface area (Å²) in [6.45, 7) is 2.03. The summed E-state index contributed by atoms with van der Waals surface area (Å²) in [5.41, 5.74) is 2.28. The number of nitrogens with zero attached hydrogens (tertiary/aromatic N) is 1. The number of aromatic nitrogens is 1. The van der Waals surface area contributed by atoms with Crippen molar-refractivity contribution in [3.8, 4) is 0 Å². The minimum absolute atomic E-state index is 0.433. The third-order valence-electron chi connectivity index (χ3n) is 2.38. The van der Waals surface area contributed by atoms with Crippen LogP contribution in [0.3, 0.4) is 0 Å². The second-order valence-corrected chi connectivity index (χ2v) is 6.08. The molecule has 0 aliphatic rings. The van der Waals surface area contributed by atoms with Crippen molar-refractivity contribution >= 4 is 27.3 Å². The van der Waals surface area contributed by atoms with Crippen molar-refractivity contribution in [2.45, 2.75) is 19.4 Å². The summed E-state index contributed by atoms with van der Waals surface area (Å²) >= 11 is 5.06. The summed E-state index contributed by atoms with van der Waals surface area (Å²) in [6, 6.07) is 5.89. The molecule has 0 amide bonds. The van der Waals surface area contributed by atoms with Crippen LogP contribution in [-0.2, 0) is 6.42 Å². The Bertz CT molecular complexity index is 450. The summed E-state index contributed by atoms with van der Waals surface area (Å²) in [5, 5.41) is 10.1. The van der Waals surface area contributed by atoms with Crippen LogP contribution in [0.15, 0.2) is 34.4 Å². The molecule has 0 saturated heterocycles. The standard InChI is InChI=1S/C12H12BrNOS/c1-8-6-11(16-12(8)13)10(15)7-9-2-4-14-5-3-9/h2-6,10,15H,7H2,1H3. The maximum absolute atomic E-state index is 10.1. The first-order valence-electron chi connectivity index (χ1n) is 4.99. The van der Waals surface area contributed by atoms with Crippen LogP contribution < -0.4 is 0 Å². The number of pyridine rings is 1. The van der Waals surface area contributed by atoms with Crippen LogP contribution in [-0.4, -0.2) is 10.1 Å². The Hall–Kier alpha value is -0.710. The molecule has 2 aromatic heterocycles. The molecule has 0 radical (unpaired) electrons. The van der Waals surface area contributed by atoms with Gasteiger partial charge in [0.25, 0.3) is 0 Å². The average molecular weight is 298 g/mol. The molecule has 1 N–H and O–H groups in total. The number of aliphatic hydroxyl groups excluding tert-OH is 1. The highest BCUT2D eigenvalue weighted by Gasteiger charge is 2.12. The molecule has 0 aromatic carbocycles. The van der Waals surface area contributed by atoms with E-state index in [1.54, 1.807) is 23.7 Å². The lowest BCUT2D eigenvalue weighted by Crippen LogP contribution is -1.99. The molecule has 84 valence electrons. The Balaban J connectivity index is 2.11. The maximum Gasteiger partial charge on any atom is 0.0922 e. The fraction of sp³-hybridized carbons (Fsp3) is 0.250. The van der Waals surface area contributed by atoms with E-state index < -0.39 is 6.10 Å². The lowest BCUT2D eigenvalue weighted by molar-refractivity contribution is 0.182. The smallest absolute Gasteiger partial charge is 0.0922 e. The van der Waals surface area contributed by atoms with E-state index in [1.807, 2.05) is 25.1 Å². The predicted octanol–water partition coefficient (Wildman–Crippen LogP) is 3.49. The van der Waals surface area contributed by atoms with Crippen LogP contribution in [0.4, 0.5) is 0 Å². The Morgan fingerprint density at radius 3 is 2.69 bits per heavy atom. The number of thiophene rings is 1. The Morgan fingerprint density at radius 1 is 1.44 bits per heavy atom. The lowest BCUT2D eigenvalue weighted by atomic mass is 10.1. The highest BCUT2D eigenvalue weighted by molar-refractivity contribution is 9.11. The van der Waals surface area contributed by atoms with Crippen molar-refractivity contribution < 1.29 is 5.11 Å². The average Bonchev–Trinajstić information content (AvgIpc) is 2.61. The lowest BCUT2D eigenvalue weighted by Gasteiger charge is -2.07. The molecule has 16 heavy (non-hydrogen) atoms. The van der Waals surface area contributed by atoms with E-state index in [4.69, 9.17) is 0 Å². The number of aliphatic hydroxyl groups is 1. The number of aryl methyl sites for hydroxylation is 1. The van der Waals surface area contributed by atoms with Gasteiger partial charge >= 0.3 is 0 Å². The molecule has 0 fully saturated rings. The second kappa shape index (κ2) is 5.08. The minimum Gasteiger partial charge on any atom is -0.387 e. The molecule has 2 nitrogen and oxygen atoms in total. The number of rotatable bonds is 3. The Labute approximate surface area is 107 Å². The van der Waals surface area contributed by atoms with Gasteiger partial charge in [0.15, 0.2) is 0 Å². The first-order chi connectivity index (χ1) is 7.66. The summed E-state index contributed by atoms with van der Waals surface area (Å²) in [6.07, 6.45) is 3.70. The fourth-order valence-corrected chi connectivity index (χ4v) is 3.05. The van der Waals surface area contributed by atoms with Gasteiger partial charge in [0.1, 0.15) is 0 Å². The van der Waals surface area contributed by atoms with E-state index in [1.165, 1.54) is 5.56 Å². The summed E-state index contributed by atoms with van der Waals surface area (Å²) in [5.74, 6) is 0.